The third-order valence-electron chi connectivity index (χ3n) is 1.46. The van der Waals surface area contributed by atoms with Gasteiger partial charge in [-0.1, -0.05) is 5.43 Å². The van der Waals surface area contributed by atoms with E-state index in [1.165, 1.54) is 0 Å². The average molecular weight is 218 g/mol. The van der Waals surface area contributed by atoms with Crippen LogP contribution in [0.3, 0.4) is 0 Å². The number of carbonyl (C=O) groups is 1. The van der Waals surface area contributed by atoms with Gasteiger partial charge < -0.3 is 21.4 Å². The second-order valence-corrected chi connectivity index (χ2v) is 2.70. The molecular formula is C6H12N5O4-. The van der Waals surface area contributed by atoms with E-state index < -0.39 is 17.0 Å². The zero-order chi connectivity index (χ0) is 11.8. The first kappa shape index (κ1) is 13.1. The van der Waals surface area contributed by atoms with Crippen LogP contribution >= 0.6 is 0 Å². The molecule has 9 heteroatoms. The predicted molar refractivity (Wildman–Crippen MR) is 48.8 cm³/mol. The smallest absolute Gasteiger partial charge is 0.251 e. The van der Waals surface area contributed by atoms with Crippen LogP contribution in [0.2, 0.25) is 0 Å². The second-order valence-electron chi connectivity index (χ2n) is 2.70. The lowest BCUT2D eigenvalue weighted by Crippen LogP contribution is -2.41. The number of aliphatic carboxylic acids is 1. The highest BCUT2D eigenvalue weighted by molar-refractivity contribution is 5.76. The third kappa shape index (κ3) is 7.19. The molecule has 0 rings (SSSR count). The molecule has 0 unspecified atom stereocenters. The lowest BCUT2D eigenvalue weighted by atomic mass is 10.2. The van der Waals surface area contributed by atoms with Gasteiger partial charge in [-0.25, -0.2) is 15.1 Å². The van der Waals surface area contributed by atoms with E-state index in [4.69, 9.17) is 11.5 Å². The van der Waals surface area contributed by atoms with Gasteiger partial charge in [0.1, 0.15) is 0 Å². The number of nitrogens with one attached hydrogen (secondary N) is 1. The minimum atomic E-state index is -1.34. The first-order chi connectivity index (χ1) is 6.93. The summed E-state index contributed by atoms with van der Waals surface area (Å²) >= 11 is 0. The fourth-order valence-electron chi connectivity index (χ4n) is 0.757. The maximum atomic E-state index is 10.2. The molecular weight excluding hydrogens is 206 g/mol. The first-order valence-electron chi connectivity index (χ1n) is 4.11. The molecule has 0 fully saturated rings. The molecule has 0 aliphatic carbocycles. The standard InChI is InChI=1S/C6H13N5O4/c7-4(5(12)13)2-1-3-9-6(8)10-11(14)15/h4H,1-3,7H2,(H,12,13)(H3,8,9,10)/p-1/t4-/m0/s1. The topological polar surface area (TPSA) is 160 Å². The van der Waals surface area contributed by atoms with Gasteiger partial charge in [0.2, 0.25) is 0 Å². The van der Waals surface area contributed by atoms with Crippen LogP contribution < -0.4 is 22.0 Å². The van der Waals surface area contributed by atoms with E-state index >= 15 is 0 Å². The largest absolute Gasteiger partial charge is 0.548 e. The number of hydrogen-bond donors (Lipinski definition) is 3. The second kappa shape index (κ2) is 6.54. The molecule has 9 nitrogen and oxygen atoms in total. The minimum absolute atomic E-state index is 0.160. The summed E-state index contributed by atoms with van der Waals surface area (Å²) in [5.74, 6) is -1.67. The fourth-order valence-corrected chi connectivity index (χ4v) is 0.757. The Bertz CT molecular complexity index is 266. The Kier molecular flexibility index (Phi) is 5.71. The van der Waals surface area contributed by atoms with Crippen molar-refractivity contribution in [2.45, 2.75) is 18.9 Å². The number of nitrogens with zero attached hydrogens (tertiary/aromatic N) is 2. The van der Waals surface area contributed by atoms with Crippen molar-refractivity contribution in [2.24, 2.45) is 16.5 Å². The molecule has 0 amide bonds. The van der Waals surface area contributed by atoms with E-state index in [0.29, 0.717) is 6.42 Å². The number of carbonyl (C=O) groups excluding carboxylic acids is 1. The molecule has 0 heterocycles. The molecule has 0 radical (unpaired) electrons. The molecule has 0 aliphatic rings. The van der Waals surface area contributed by atoms with Gasteiger partial charge in [-0.15, -0.1) is 0 Å². The number of carboxylic acid groups (broad SMARTS) is 1. The van der Waals surface area contributed by atoms with Crippen LogP contribution in [0, 0.1) is 10.1 Å². The molecule has 0 spiro atoms. The van der Waals surface area contributed by atoms with E-state index in [9.17, 15) is 20.0 Å². The van der Waals surface area contributed by atoms with Crippen molar-refractivity contribution in [3.8, 4) is 0 Å². The molecule has 5 N–H and O–H groups in total. The van der Waals surface area contributed by atoms with Gasteiger partial charge in [-0.05, 0) is 12.8 Å². The summed E-state index contributed by atoms with van der Waals surface area (Å²) in [7, 11) is 0. The SMILES string of the molecule is NC(=NCCC[C@H](N)C(=O)[O-])N[N+](=O)[O-]. The Labute approximate surface area is 85.3 Å². The highest BCUT2D eigenvalue weighted by Crippen LogP contribution is 1.93. The number of carboxylic acids is 1. The van der Waals surface area contributed by atoms with Crippen LogP contribution in [0.4, 0.5) is 0 Å². The van der Waals surface area contributed by atoms with Crippen molar-refractivity contribution in [2.75, 3.05) is 6.54 Å². The molecule has 0 aromatic carbocycles. The molecule has 0 bridgehead atoms. The monoisotopic (exact) mass is 218 g/mol. The maximum Gasteiger partial charge on any atom is 0.251 e. The Morgan fingerprint density at radius 2 is 2.20 bits per heavy atom. The lowest BCUT2D eigenvalue weighted by molar-refractivity contribution is -0.525. The fraction of sp³-hybridized carbons (Fsp3) is 0.667. The third-order valence-corrected chi connectivity index (χ3v) is 1.46. The summed E-state index contributed by atoms with van der Waals surface area (Å²) in [4.78, 5) is 23.6. The summed E-state index contributed by atoms with van der Waals surface area (Å²) in [6, 6.07) is -1.05. The molecule has 86 valence electrons. The van der Waals surface area contributed by atoms with Gasteiger partial charge in [-0.3, -0.25) is 0 Å². The summed E-state index contributed by atoms with van der Waals surface area (Å²) in [5, 5.41) is 19.2. The van der Waals surface area contributed by atoms with Crippen LogP contribution in [0.1, 0.15) is 12.8 Å². The number of nitro groups is 1. The van der Waals surface area contributed by atoms with E-state index in [2.05, 4.69) is 4.99 Å². The number of nitrogens with two attached hydrogens (primary N) is 2. The predicted octanol–water partition coefficient (Wildman–Crippen LogP) is -3.06. The van der Waals surface area contributed by atoms with E-state index in [-0.39, 0.29) is 18.9 Å². The van der Waals surface area contributed by atoms with Crippen molar-refractivity contribution in [3.05, 3.63) is 10.1 Å². The van der Waals surface area contributed by atoms with Gasteiger partial charge in [0.15, 0.2) is 5.03 Å². The maximum absolute atomic E-state index is 10.2. The number of aliphatic imine (C=N–C) groups is 1. The molecule has 0 aromatic heterocycles. The Morgan fingerprint density at radius 3 is 2.67 bits per heavy atom. The van der Waals surface area contributed by atoms with Crippen LogP contribution in [0.15, 0.2) is 4.99 Å². The van der Waals surface area contributed by atoms with E-state index in [0.717, 1.165) is 0 Å². The van der Waals surface area contributed by atoms with Crippen molar-refractivity contribution in [1.82, 2.24) is 5.43 Å². The highest BCUT2D eigenvalue weighted by Gasteiger charge is 2.02. The zero-order valence-corrected chi connectivity index (χ0v) is 7.88. The van der Waals surface area contributed by atoms with Gasteiger partial charge in [0, 0.05) is 12.6 Å². The van der Waals surface area contributed by atoms with Crippen LogP contribution in [0.5, 0.6) is 0 Å². The van der Waals surface area contributed by atoms with Crippen molar-refractivity contribution in [1.29, 1.82) is 0 Å². The Morgan fingerprint density at radius 1 is 1.60 bits per heavy atom. The van der Waals surface area contributed by atoms with Gasteiger partial charge in [0.25, 0.3) is 5.96 Å². The minimum Gasteiger partial charge on any atom is -0.548 e. The van der Waals surface area contributed by atoms with Crippen molar-refractivity contribution < 1.29 is 14.9 Å². The molecule has 15 heavy (non-hydrogen) atoms. The van der Waals surface area contributed by atoms with Gasteiger partial charge >= 0.3 is 0 Å². The number of rotatable bonds is 6. The molecule has 0 aliphatic heterocycles. The molecule has 1 atom stereocenters. The van der Waals surface area contributed by atoms with E-state index in [1.54, 1.807) is 5.43 Å². The molecule has 0 saturated carbocycles. The van der Waals surface area contributed by atoms with Crippen LogP contribution in [-0.4, -0.2) is 29.5 Å². The van der Waals surface area contributed by atoms with E-state index in [1.807, 2.05) is 0 Å². The summed E-state index contributed by atoms with van der Waals surface area (Å²) in [5.41, 5.74) is 11.9. The van der Waals surface area contributed by atoms with Crippen LogP contribution in [0.25, 0.3) is 0 Å². The van der Waals surface area contributed by atoms with Crippen molar-refractivity contribution in [3.63, 3.8) is 0 Å². The zero-order valence-electron chi connectivity index (χ0n) is 7.88. The molecule has 0 aromatic rings. The Balaban J connectivity index is 3.69. The molecule has 0 saturated heterocycles. The van der Waals surface area contributed by atoms with Gasteiger partial charge in [0.05, 0.1) is 5.97 Å². The average Bonchev–Trinajstić information content (AvgIpc) is 2.10. The van der Waals surface area contributed by atoms with Crippen LogP contribution in [-0.2, 0) is 4.79 Å². The number of hydrogen-bond acceptors (Lipinski definition) is 6. The Hall–Kier alpha value is -1.90. The summed E-state index contributed by atoms with van der Waals surface area (Å²) in [6.45, 7) is 0.160. The number of guanidine groups is 1. The summed E-state index contributed by atoms with van der Waals surface area (Å²) in [6.07, 6.45) is 0.535. The van der Waals surface area contributed by atoms with Gasteiger partial charge in [-0.2, -0.15) is 0 Å². The quantitative estimate of drug-likeness (QED) is 0.140. The normalized spacial score (nSPS) is 13.3. The lowest BCUT2D eigenvalue weighted by Gasteiger charge is -2.10. The first-order valence-corrected chi connectivity index (χ1v) is 4.11. The highest BCUT2D eigenvalue weighted by atomic mass is 16.7. The summed E-state index contributed by atoms with van der Waals surface area (Å²) < 4.78 is 0. The number of hydrazine groups is 1. The van der Waals surface area contributed by atoms with Crippen molar-refractivity contribution >= 4 is 11.9 Å².